The summed E-state index contributed by atoms with van der Waals surface area (Å²) < 4.78 is 54.6. The quantitative estimate of drug-likeness (QED) is 0.738. The molecule has 2 fully saturated rings. The van der Waals surface area contributed by atoms with E-state index < -0.39 is 17.9 Å². The van der Waals surface area contributed by atoms with E-state index in [1.807, 2.05) is 0 Å². The highest BCUT2D eigenvalue weighted by Gasteiger charge is 2.38. The summed E-state index contributed by atoms with van der Waals surface area (Å²) in [5.41, 5.74) is 0.200. The summed E-state index contributed by atoms with van der Waals surface area (Å²) in [5.74, 6) is -1.48. The number of piperazine rings is 1. The van der Waals surface area contributed by atoms with Crippen LogP contribution in [0.15, 0.2) is 36.5 Å². The summed E-state index contributed by atoms with van der Waals surface area (Å²) in [6.45, 7) is 2.90. The van der Waals surface area contributed by atoms with Crippen molar-refractivity contribution >= 4 is 17.4 Å². The molecule has 31 heavy (non-hydrogen) atoms. The molecule has 4 rings (SSSR count). The average molecular weight is 440 g/mol. The molecule has 3 heterocycles. The van der Waals surface area contributed by atoms with Crippen LogP contribution in [0, 0.1) is 5.82 Å². The molecule has 166 valence electrons. The third-order valence-electron chi connectivity index (χ3n) is 5.44. The Balaban J connectivity index is 1.38. The number of carbonyl (C=O) groups excluding carboxylic acids is 1. The Morgan fingerprint density at radius 3 is 2.42 bits per heavy atom. The molecular weight excluding hydrogens is 420 g/mol. The number of nitrogens with zero attached hydrogens (tertiary/aromatic N) is 4. The van der Waals surface area contributed by atoms with Crippen LogP contribution in [0.5, 0.6) is 11.5 Å². The van der Waals surface area contributed by atoms with Gasteiger partial charge in [-0.15, -0.1) is 13.2 Å². The molecule has 1 unspecified atom stereocenters. The Morgan fingerprint density at radius 1 is 1.06 bits per heavy atom. The maximum atomic E-state index is 14.0. The van der Waals surface area contributed by atoms with Gasteiger partial charge in [0.2, 0.25) is 5.91 Å². The van der Waals surface area contributed by atoms with Gasteiger partial charge in [0.25, 0.3) is 0 Å². The molecule has 1 aromatic heterocycles. The van der Waals surface area contributed by atoms with E-state index in [1.165, 1.54) is 17.2 Å². The van der Waals surface area contributed by atoms with Crippen molar-refractivity contribution in [1.29, 1.82) is 0 Å². The van der Waals surface area contributed by atoms with E-state index in [0.29, 0.717) is 39.1 Å². The fourth-order valence-corrected chi connectivity index (χ4v) is 3.95. The van der Waals surface area contributed by atoms with E-state index in [4.69, 9.17) is 0 Å². The lowest BCUT2D eigenvalue weighted by atomic mass is 10.1. The molecule has 0 spiro atoms. The van der Waals surface area contributed by atoms with Crippen LogP contribution in [0.2, 0.25) is 0 Å². The second-order valence-corrected chi connectivity index (χ2v) is 7.35. The van der Waals surface area contributed by atoms with E-state index >= 15 is 0 Å². The third-order valence-corrected chi connectivity index (χ3v) is 5.44. The summed E-state index contributed by atoms with van der Waals surface area (Å²) >= 11 is 0. The number of aromatic nitrogens is 1. The van der Waals surface area contributed by atoms with Crippen molar-refractivity contribution in [2.24, 2.45) is 0 Å². The maximum absolute atomic E-state index is 14.0. The second-order valence-electron chi connectivity index (χ2n) is 7.35. The van der Waals surface area contributed by atoms with Gasteiger partial charge in [-0.3, -0.25) is 9.69 Å². The van der Waals surface area contributed by atoms with Gasteiger partial charge in [0.05, 0.1) is 12.2 Å². The normalized spacial score (nSPS) is 20.4. The fraction of sp³-hybridized carbons (Fsp3) is 0.400. The molecule has 7 nitrogen and oxygen atoms in total. The Labute approximate surface area is 175 Å². The lowest BCUT2D eigenvalue weighted by Gasteiger charge is -2.37. The van der Waals surface area contributed by atoms with Crippen LogP contribution in [0.1, 0.15) is 6.42 Å². The number of aromatic hydroxyl groups is 1. The highest BCUT2D eigenvalue weighted by molar-refractivity contribution is 5.99. The van der Waals surface area contributed by atoms with Gasteiger partial charge in [-0.25, -0.2) is 9.37 Å². The Kier molecular flexibility index (Phi) is 5.61. The summed E-state index contributed by atoms with van der Waals surface area (Å²) in [4.78, 5) is 22.6. The number of pyridine rings is 1. The van der Waals surface area contributed by atoms with Crippen molar-refractivity contribution in [2.45, 2.75) is 18.8 Å². The first-order valence-corrected chi connectivity index (χ1v) is 9.72. The molecule has 0 aliphatic carbocycles. The number of amides is 1. The topological polar surface area (TPSA) is 69.1 Å². The lowest BCUT2D eigenvalue weighted by Crippen LogP contribution is -2.52. The summed E-state index contributed by atoms with van der Waals surface area (Å²) in [7, 11) is 0. The largest absolute Gasteiger partial charge is 0.573 e. The van der Waals surface area contributed by atoms with Crippen LogP contribution in [0.4, 0.5) is 29.1 Å². The lowest BCUT2D eigenvalue weighted by molar-refractivity contribution is -0.275. The molecule has 2 aromatic rings. The van der Waals surface area contributed by atoms with Crippen molar-refractivity contribution in [2.75, 3.05) is 42.5 Å². The first-order chi connectivity index (χ1) is 14.7. The maximum Gasteiger partial charge on any atom is 0.573 e. The monoisotopic (exact) mass is 440 g/mol. The fourth-order valence-electron chi connectivity index (χ4n) is 3.95. The predicted octanol–water partition coefficient (Wildman–Crippen LogP) is 2.75. The minimum absolute atomic E-state index is 0.0912. The van der Waals surface area contributed by atoms with Crippen molar-refractivity contribution in [3.8, 4) is 11.5 Å². The van der Waals surface area contributed by atoms with Crippen LogP contribution < -0.4 is 14.5 Å². The number of ether oxygens (including phenoxy) is 1. The van der Waals surface area contributed by atoms with E-state index in [2.05, 4.69) is 19.5 Å². The summed E-state index contributed by atoms with van der Waals surface area (Å²) in [5, 5.41) is 9.36. The molecular formula is C20H20F4N4O3. The Hall–Kier alpha value is -3.08. The number of hydrogen-bond acceptors (Lipinski definition) is 6. The molecule has 2 saturated heterocycles. The van der Waals surface area contributed by atoms with Gasteiger partial charge < -0.3 is 19.6 Å². The standard InChI is InChI=1S/C20H20F4N4O3/c21-15-11-13(1-3-17(15)31-20(22,23)24)28-6-5-16(19(28)30)26-7-9-27(10-8-26)18-4-2-14(29)12-25-18/h1-4,11-12,16,29H,5-10H2. The smallest absolute Gasteiger partial charge is 0.506 e. The van der Waals surface area contributed by atoms with E-state index in [-0.39, 0.29) is 23.4 Å². The van der Waals surface area contributed by atoms with Gasteiger partial charge >= 0.3 is 6.36 Å². The molecule has 2 aliphatic rings. The predicted molar refractivity (Wildman–Crippen MR) is 104 cm³/mol. The van der Waals surface area contributed by atoms with Crippen molar-refractivity contribution < 1.29 is 32.2 Å². The van der Waals surface area contributed by atoms with Gasteiger partial charge in [0, 0.05) is 44.5 Å². The highest BCUT2D eigenvalue weighted by atomic mass is 19.4. The number of benzene rings is 1. The number of carbonyl (C=O) groups is 1. The molecule has 0 bridgehead atoms. The van der Waals surface area contributed by atoms with Gasteiger partial charge in [-0.1, -0.05) is 0 Å². The molecule has 1 aromatic carbocycles. The first-order valence-electron chi connectivity index (χ1n) is 9.72. The highest BCUT2D eigenvalue weighted by Crippen LogP contribution is 2.31. The number of halogens is 4. The molecule has 0 saturated carbocycles. The van der Waals surface area contributed by atoms with Crippen molar-refractivity contribution in [1.82, 2.24) is 9.88 Å². The zero-order valence-corrected chi connectivity index (χ0v) is 16.3. The van der Waals surface area contributed by atoms with Gasteiger partial charge in [0.1, 0.15) is 11.6 Å². The molecule has 11 heteroatoms. The second kappa shape index (κ2) is 8.22. The molecule has 1 atom stereocenters. The number of anilines is 2. The number of rotatable bonds is 4. The molecule has 2 aliphatic heterocycles. The van der Waals surface area contributed by atoms with Crippen LogP contribution in [-0.2, 0) is 4.79 Å². The summed E-state index contributed by atoms with van der Waals surface area (Å²) in [6, 6.07) is 5.94. The summed E-state index contributed by atoms with van der Waals surface area (Å²) in [6.07, 6.45) is -3.07. The SMILES string of the molecule is O=C1C(N2CCN(c3ccc(O)cn3)CC2)CCN1c1ccc(OC(F)(F)F)c(F)c1. The van der Waals surface area contributed by atoms with E-state index in [0.717, 1.165) is 18.0 Å². The zero-order chi connectivity index (χ0) is 22.2. The average Bonchev–Trinajstić information content (AvgIpc) is 3.11. The number of alkyl halides is 3. The third kappa shape index (κ3) is 4.66. The van der Waals surface area contributed by atoms with Crippen molar-refractivity contribution in [3.63, 3.8) is 0 Å². The van der Waals surface area contributed by atoms with Crippen LogP contribution in [0.25, 0.3) is 0 Å². The molecule has 1 amide bonds. The van der Waals surface area contributed by atoms with Gasteiger partial charge in [-0.2, -0.15) is 0 Å². The van der Waals surface area contributed by atoms with E-state index in [1.54, 1.807) is 12.1 Å². The van der Waals surface area contributed by atoms with Crippen LogP contribution in [0.3, 0.4) is 0 Å². The van der Waals surface area contributed by atoms with Crippen molar-refractivity contribution in [3.05, 3.63) is 42.3 Å². The molecule has 1 N–H and O–H groups in total. The minimum Gasteiger partial charge on any atom is -0.506 e. The van der Waals surface area contributed by atoms with Crippen LogP contribution in [-0.4, -0.2) is 66.0 Å². The Morgan fingerprint density at radius 2 is 1.81 bits per heavy atom. The number of hydrogen-bond donors (Lipinski definition) is 1. The minimum atomic E-state index is -4.99. The molecule has 0 radical (unpaired) electrons. The van der Waals surface area contributed by atoms with Gasteiger partial charge in [0.15, 0.2) is 11.6 Å². The Bertz CT molecular complexity index is 946. The first kappa shape index (κ1) is 21.2. The van der Waals surface area contributed by atoms with Gasteiger partial charge in [-0.05, 0) is 30.7 Å². The van der Waals surface area contributed by atoms with Crippen LogP contribution >= 0.6 is 0 Å². The van der Waals surface area contributed by atoms with E-state index in [9.17, 15) is 27.5 Å². The zero-order valence-electron chi connectivity index (χ0n) is 16.3.